The fraction of sp³-hybridized carbons (Fsp3) is 0.533. The molecule has 2 N–H and O–H groups in total. The molecule has 0 radical (unpaired) electrons. The number of carbonyl (C=O) groups excluding carboxylic acids is 1. The van der Waals surface area contributed by atoms with Crippen LogP contribution in [0.15, 0.2) is 18.2 Å². The average Bonchev–Trinajstić information content (AvgIpc) is 2.79. The number of nitrogens with zero attached hydrogens (tertiary/aromatic N) is 2. The van der Waals surface area contributed by atoms with Gasteiger partial charge in [-0.3, -0.25) is 9.69 Å². The molecule has 5 nitrogen and oxygen atoms in total. The number of hydrogen-bond acceptors (Lipinski definition) is 4. The Labute approximate surface area is 118 Å². The predicted molar refractivity (Wildman–Crippen MR) is 74.5 cm³/mol. The highest BCUT2D eigenvalue weighted by molar-refractivity contribution is 5.78. The standard InChI is InChI=1S/C15H20N2O3/c1-10(15-12(18)3-2-4-13(15)19)16-7-8-17-11(9-16)5-6-14(17)20/h2-4,10-11,18-19H,5-9H2,1H3. The first-order valence-corrected chi connectivity index (χ1v) is 7.12. The summed E-state index contributed by atoms with van der Waals surface area (Å²) in [5.41, 5.74) is 0.574. The van der Waals surface area contributed by atoms with Crippen molar-refractivity contribution in [1.29, 1.82) is 0 Å². The number of phenolic OH excluding ortho intramolecular Hbond substituents is 2. The van der Waals surface area contributed by atoms with Gasteiger partial charge in [0, 0.05) is 38.1 Å². The Bertz CT molecular complexity index is 512. The van der Waals surface area contributed by atoms with Crippen LogP contribution in [-0.2, 0) is 4.79 Å². The third kappa shape index (κ3) is 2.12. The van der Waals surface area contributed by atoms with E-state index in [0.29, 0.717) is 12.0 Å². The van der Waals surface area contributed by atoms with Gasteiger partial charge in [-0.25, -0.2) is 0 Å². The van der Waals surface area contributed by atoms with E-state index in [-0.39, 0.29) is 29.5 Å². The van der Waals surface area contributed by atoms with E-state index >= 15 is 0 Å². The average molecular weight is 276 g/mol. The summed E-state index contributed by atoms with van der Waals surface area (Å²) in [5.74, 6) is 0.512. The fourth-order valence-electron chi connectivity index (χ4n) is 3.39. The Morgan fingerprint density at radius 2 is 1.95 bits per heavy atom. The Hall–Kier alpha value is -1.75. The van der Waals surface area contributed by atoms with E-state index in [1.807, 2.05) is 11.8 Å². The lowest BCUT2D eigenvalue weighted by molar-refractivity contribution is -0.131. The molecule has 2 saturated heterocycles. The zero-order chi connectivity index (χ0) is 14.3. The van der Waals surface area contributed by atoms with E-state index in [1.165, 1.54) is 0 Å². The highest BCUT2D eigenvalue weighted by Crippen LogP contribution is 2.37. The van der Waals surface area contributed by atoms with Crippen molar-refractivity contribution in [2.24, 2.45) is 0 Å². The maximum Gasteiger partial charge on any atom is 0.222 e. The first-order chi connectivity index (χ1) is 9.58. The second-order valence-corrected chi connectivity index (χ2v) is 5.66. The van der Waals surface area contributed by atoms with Gasteiger partial charge in [-0.05, 0) is 25.5 Å². The van der Waals surface area contributed by atoms with Crippen LogP contribution in [0.2, 0.25) is 0 Å². The van der Waals surface area contributed by atoms with Crippen LogP contribution in [0.25, 0.3) is 0 Å². The first-order valence-electron chi connectivity index (χ1n) is 7.12. The molecular formula is C15H20N2O3. The molecule has 0 spiro atoms. The smallest absolute Gasteiger partial charge is 0.222 e. The Balaban J connectivity index is 1.78. The summed E-state index contributed by atoms with van der Waals surface area (Å²) in [6.07, 6.45) is 1.56. The van der Waals surface area contributed by atoms with Gasteiger partial charge in [0.15, 0.2) is 0 Å². The molecule has 1 aromatic carbocycles. The fourth-order valence-corrected chi connectivity index (χ4v) is 3.39. The van der Waals surface area contributed by atoms with Crippen LogP contribution in [0.5, 0.6) is 11.5 Å². The third-order valence-electron chi connectivity index (χ3n) is 4.55. The highest BCUT2D eigenvalue weighted by Gasteiger charge is 2.37. The van der Waals surface area contributed by atoms with E-state index in [4.69, 9.17) is 0 Å². The molecule has 1 aromatic rings. The van der Waals surface area contributed by atoms with Gasteiger partial charge >= 0.3 is 0 Å². The van der Waals surface area contributed by atoms with Gasteiger partial charge in [-0.15, -0.1) is 0 Å². The summed E-state index contributed by atoms with van der Waals surface area (Å²) < 4.78 is 0. The number of carbonyl (C=O) groups is 1. The zero-order valence-electron chi connectivity index (χ0n) is 11.6. The number of piperazine rings is 1. The summed E-state index contributed by atoms with van der Waals surface area (Å²) in [6, 6.07) is 5.05. The van der Waals surface area contributed by atoms with Crippen molar-refractivity contribution in [1.82, 2.24) is 9.80 Å². The van der Waals surface area contributed by atoms with Crippen molar-refractivity contribution < 1.29 is 15.0 Å². The van der Waals surface area contributed by atoms with Crippen LogP contribution in [0.1, 0.15) is 31.4 Å². The molecule has 2 unspecified atom stereocenters. The molecule has 0 bridgehead atoms. The van der Waals surface area contributed by atoms with Crippen LogP contribution in [0, 0.1) is 0 Å². The number of aromatic hydroxyl groups is 2. The minimum Gasteiger partial charge on any atom is -0.507 e. The lowest BCUT2D eigenvalue weighted by atomic mass is 10.0. The van der Waals surface area contributed by atoms with Crippen LogP contribution in [0.4, 0.5) is 0 Å². The SMILES string of the molecule is CC(c1c(O)cccc1O)N1CCN2C(=O)CCC2C1. The molecule has 2 heterocycles. The number of rotatable bonds is 2. The molecule has 1 amide bonds. The van der Waals surface area contributed by atoms with Crippen LogP contribution in [-0.4, -0.2) is 51.6 Å². The maximum atomic E-state index is 11.7. The summed E-state index contributed by atoms with van der Waals surface area (Å²) in [4.78, 5) is 15.9. The second-order valence-electron chi connectivity index (χ2n) is 5.66. The molecule has 20 heavy (non-hydrogen) atoms. The van der Waals surface area contributed by atoms with E-state index in [0.717, 1.165) is 26.1 Å². The van der Waals surface area contributed by atoms with Crippen LogP contribution >= 0.6 is 0 Å². The number of fused-ring (bicyclic) bond motifs is 1. The molecule has 5 heteroatoms. The first kappa shape index (κ1) is 13.2. The zero-order valence-corrected chi connectivity index (χ0v) is 11.6. The molecule has 0 saturated carbocycles. The van der Waals surface area contributed by atoms with Crippen molar-refractivity contribution in [3.05, 3.63) is 23.8 Å². The van der Waals surface area contributed by atoms with E-state index in [1.54, 1.807) is 18.2 Å². The van der Waals surface area contributed by atoms with Crippen LogP contribution < -0.4 is 0 Å². The van der Waals surface area contributed by atoms with E-state index in [2.05, 4.69) is 4.90 Å². The van der Waals surface area contributed by atoms with Crippen molar-refractivity contribution in [3.8, 4) is 11.5 Å². The maximum absolute atomic E-state index is 11.7. The predicted octanol–water partition coefficient (Wildman–Crippen LogP) is 1.47. The van der Waals surface area contributed by atoms with Gasteiger partial charge in [0.2, 0.25) is 5.91 Å². The largest absolute Gasteiger partial charge is 0.507 e. The normalized spacial score (nSPS) is 24.8. The van der Waals surface area contributed by atoms with Gasteiger partial charge in [0.05, 0.1) is 5.56 Å². The second kappa shape index (κ2) is 4.98. The Morgan fingerprint density at radius 3 is 2.65 bits per heavy atom. The van der Waals surface area contributed by atoms with Crippen molar-refractivity contribution >= 4 is 5.91 Å². The minimum atomic E-state index is -0.0611. The van der Waals surface area contributed by atoms with Gasteiger partial charge in [-0.1, -0.05) is 6.07 Å². The summed E-state index contributed by atoms with van der Waals surface area (Å²) in [6.45, 7) is 4.31. The minimum absolute atomic E-state index is 0.0611. The number of benzene rings is 1. The highest BCUT2D eigenvalue weighted by atomic mass is 16.3. The van der Waals surface area contributed by atoms with Crippen LogP contribution in [0.3, 0.4) is 0 Å². The molecule has 0 aliphatic carbocycles. The van der Waals surface area contributed by atoms with Gasteiger partial charge in [0.1, 0.15) is 11.5 Å². The topological polar surface area (TPSA) is 64.0 Å². The summed E-state index contributed by atoms with van der Waals surface area (Å²) in [5, 5.41) is 19.9. The summed E-state index contributed by atoms with van der Waals surface area (Å²) >= 11 is 0. The summed E-state index contributed by atoms with van der Waals surface area (Å²) in [7, 11) is 0. The molecule has 108 valence electrons. The van der Waals surface area contributed by atoms with Gasteiger partial charge in [0.25, 0.3) is 0 Å². The molecule has 0 aromatic heterocycles. The Morgan fingerprint density at radius 1 is 1.25 bits per heavy atom. The molecular weight excluding hydrogens is 256 g/mol. The number of phenols is 2. The van der Waals surface area contributed by atoms with Gasteiger partial charge in [-0.2, -0.15) is 0 Å². The van der Waals surface area contributed by atoms with Crippen molar-refractivity contribution in [3.63, 3.8) is 0 Å². The lowest BCUT2D eigenvalue weighted by Crippen LogP contribution is -2.51. The van der Waals surface area contributed by atoms with Crippen molar-refractivity contribution in [2.45, 2.75) is 31.8 Å². The van der Waals surface area contributed by atoms with E-state index in [9.17, 15) is 15.0 Å². The number of hydrogen-bond donors (Lipinski definition) is 2. The molecule has 2 fully saturated rings. The molecule has 2 aliphatic heterocycles. The van der Waals surface area contributed by atoms with Crippen molar-refractivity contribution in [2.75, 3.05) is 19.6 Å². The third-order valence-corrected chi connectivity index (χ3v) is 4.55. The monoisotopic (exact) mass is 276 g/mol. The molecule has 2 aliphatic rings. The Kier molecular flexibility index (Phi) is 3.30. The van der Waals surface area contributed by atoms with Gasteiger partial charge < -0.3 is 15.1 Å². The quantitative estimate of drug-likeness (QED) is 0.858. The lowest BCUT2D eigenvalue weighted by Gasteiger charge is -2.40. The van der Waals surface area contributed by atoms with E-state index < -0.39 is 0 Å². The number of amides is 1. The molecule has 3 rings (SSSR count). The molecule has 2 atom stereocenters.